The molecule has 8 heteroatoms. The third-order valence-corrected chi connectivity index (χ3v) is 5.34. The first kappa shape index (κ1) is 17.9. The molecule has 0 aliphatic heterocycles. The van der Waals surface area contributed by atoms with Crippen LogP contribution in [-0.4, -0.2) is 31.1 Å². The van der Waals surface area contributed by atoms with Gasteiger partial charge in [-0.1, -0.05) is 18.2 Å². The fourth-order valence-corrected chi connectivity index (χ4v) is 3.85. The van der Waals surface area contributed by atoms with Crippen LogP contribution in [0.3, 0.4) is 0 Å². The Morgan fingerprint density at radius 1 is 1.23 bits per heavy atom. The molecule has 0 spiro atoms. The van der Waals surface area contributed by atoms with Crippen molar-refractivity contribution in [3.8, 4) is 0 Å². The second kappa shape index (κ2) is 6.80. The molecule has 0 aliphatic carbocycles. The molecule has 0 radical (unpaired) electrons. The van der Waals surface area contributed by atoms with E-state index in [9.17, 15) is 18.5 Å². The van der Waals surface area contributed by atoms with Crippen molar-refractivity contribution in [2.75, 3.05) is 18.1 Å². The van der Waals surface area contributed by atoms with Crippen LogP contribution in [0.25, 0.3) is 10.9 Å². The average Bonchev–Trinajstić information content (AvgIpc) is 2.95. The third-order valence-electron chi connectivity index (χ3n) is 4.21. The van der Waals surface area contributed by atoms with Gasteiger partial charge in [-0.05, 0) is 42.7 Å². The van der Waals surface area contributed by atoms with Crippen LogP contribution >= 0.6 is 0 Å². The maximum Gasteiger partial charge on any atom is 0.310 e. The Labute approximate surface area is 151 Å². The van der Waals surface area contributed by atoms with Gasteiger partial charge in [0.05, 0.1) is 4.92 Å². The van der Waals surface area contributed by atoms with Crippen LogP contribution < -0.4 is 5.32 Å². The van der Waals surface area contributed by atoms with Crippen LogP contribution in [0.1, 0.15) is 11.1 Å². The molecule has 26 heavy (non-hydrogen) atoms. The zero-order valence-electron chi connectivity index (χ0n) is 14.4. The minimum Gasteiger partial charge on any atom is -0.379 e. The summed E-state index contributed by atoms with van der Waals surface area (Å²) in [7, 11) is -3.69. The number of aromatic nitrogens is 1. The predicted molar refractivity (Wildman–Crippen MR) is 101 cm³/mol. The summed E-state index contributed by atoms with van der Waals surface area (Å²) in [6.07, 6.45) is 3.53. The Kier molecular flexibility index (Phi) is 4.69. The molecule has 0 aliphatic rings. The molecule has 2 aromatic carbocycles. The number of aromatic amines is 1. The Morgan fingerprint density at radius 3 is 2.69 bits per heavy atom. The topological polar surface area (TPSA) is 105 Å². The number of nitro benzene ring substituents is 1. The summed E-state index contributed by atoms with van der Waals surface area (Å²) < 4.78 is 23.6. The zero-order valence-corrected chi connectivity index (χ0v) is 15.3. The first-order valence-electron chi connectivity index (χ1n) is 8.05. The monoisotopic (exact) mass is 373 g/mol. The van der Waals surface area contributed by atoms with Crippen molar-refractivity contribution >= 4 is 32.1 Å². The second-order valence-corrected chi connectivity index (χ2v) is 8.21. The molecule has 0 unspecified atom stereocenters. The Bertz CT molecular complexity index is 1090. The van der Waals surface area contributed by atoms with Gasteiger partial charge in [-0.3, -0.25) is 10.1 Å². The minimum atomic E-state index is -3.69. The van der Waals surface area contributed by atoms with E-state index >= 15 is 0 Å². The lowest BCUT2D eigenvalue weighted by Gasteiger charge is -2.09. The maximum absolute atomic E-state index is 11.8. The van der Waals surface area contributed by atoms with Gasteiger partial charge in [0.25, 0.3) is 0 Å². The Balaban J connectivity index is 1.82. The highest BCUT2D eigenvalue weighted by Crippen LogP contribution is 2.32. The number of sulfone groups is 1. The molecule has 1 aromatic heterocycles. The second-order valence-electron chi connectivity index (χ2n) is 6.22. The summed E-state index contributed by atoms with van der Waals surface area (Å²) in [6.45, 7) is 2.46. The van der Waals surface area contributed by atoms with Gasteiger partial charge in [0.1, 0.15) is 10.6 Å². The van der Waals surface area contributed by atoms with Crippen LogP contribution in [-0.2, 0) is 16.3 Å². The Morgan fingerprint density at radius 2 is 2.00 bits per heavy atom. The van der Waals surface area contributed by atoms with E-state index in [2.05, 4.69) is 16.4 Å². The summed E-state index contributed by atoms with van der Waals surface area (Å²) >= 11 is 0. The van der Waals surface area contributed by atoms with Crippen LogP contribution in [0.5, 0.6) is 0 Å². The number of benzene rings is 2. The summed E-state index contributed by atoms with van der Waals surface area (Å²) in [6, 6.07) is 10.4. The number of para-hydroxylation sites is 1. The van der Waals surface area contributed by atoms with Crippen molar-refractivity contribution in [1.82, 2.24) is 4.98 Å². The van der Waals surface area contributed by atoms with Gasteiger partial charge in [0, 0.05) is 29.9 Å². The molecule has 0 saturated heterocycles. The standard InChI is InChI=1S/C18H19N3O4S/c1-12-6-7-14-13(11-20-16(14)10-12)8-9-19-15-4-3-5-17(26(2,24)25)18(15)21(22)23/h3-7,10-11,19-20H,8-9H2,1-2H3. The molecule has 2 N–H and O–H groups in total. The first-order chi connectivity index (χ1) is 12.3. The van der Waals surface area contributed by atoms with Crippen molar-refractivity contribution in [3.63, 3.8) is 0 Å². The van der Waals surface area contributed by atoms with Crippen LogP contribution in [0.4, 0.5) is 11.4 Å². The van der Waals surface area contributed by atoms with Gasteiger partial charge in [-0.15, -0.1) is 0 Å². The summed E-state index contributed by atoms with van der Waals surface area (Å²) in [5, 5.41) is 15.5. The van der Waals surface area contributed by atoms with E-state index in [0.29, 0.717) is 13.0 Å². The molecule has 3 rings (SSSR count). The average molecular weight is 373 g/mol. The van der Waals surface area contributed by atoms with E-state index in [0.717, 1.165) is 28.3 Å². The molecule has 3 aromatic rings. The van der Waals surface area contributed by atoms with Gasteiger partial charge in [0.2, 0.25) is 0 Å². The Hall–Kier alpha value is -2.87. The quantitative estimate of drug-likeness (QED) is 0.509. The first-order valence-corrected chi connectivity index (χ1v) is 9.94. The lowest BCUT2D eigenvalue weighted by Crippen LogP contribution is -2.10. The number of anilines is 1. The largest absolute Gasteiger partial charge is 0.379 e. The molecular formula is C18H19N3O4S. The molecule has 0 bridgehead atoms. The van der Waals surface area contributed by atoms with E-state index in [1.807, 2.05) is 25.3 Å². The van der Waals surface area contributed by atoms with E-state index in [-0.39, 0.29) is 10.6 Å². The SMILES string of the molecule is Cc1ccc2c(CCNc3cccc(S(C)(=O)=O)c3[N+](=O)[O-])c[nH]c2c1. The number of hydrogen-bond acceptors (Lipinski definition) is 5. The number of nitrogens with one attached hydrogen (secondary N) is 2. The van der Waals surface area contributed by atoms with Gasteiger partial charge in [-0.2, -0.15) is 0 Å². The van der Waals surface area contributed by atoms with Crippen LogP contribution in [0.2, 0.25) is 0 Å². The lowest BCUT2D eigenvalue weighted by atomic mass is 10.1. The van der Waals surface area contributed by atoms with Crippen LogP contribution in [0, 0.1) is 17.0 Å². The minimum absolute atomic E-state index is 0.202. The molecule has 136 valence electrons. The fourth-order valence-electron chi connectivity index (χ4n) is 2.99. The molecule has 0 amide bonds. The highest BCUT2D eigenvalue weighted by molar-refractivity contribution is 7.90. The van der Waals surface area contributed by atoms with Crippen molar-refractivity contribution in [3.05, 3.63) is 63.8 Å². The van der Waals surface area contributed by atoms with Gasteiger partial charge < -0.3 is 10.3 Å². The molecule has 7 nitrogen and oxygen atoms in total. The maximum atomic E-state index is 11.8. The van der Waals surface area contributed by atoms with Gasteiger partial charge in [-0.25, -0.2) is 8.42 Å². The number of nitrogens with zero attached hydrogens (tertiary/aromatic N) is 1. The number of fused-ring (bicyclic) bond motifs is 1. The van der Waals surface area contributed by atoms with Gasteiger partial charge in [0.15, 0.2) is 9.84 Å². The number of aryl methyl sites for hydroxylation is 1. The number of nitro groups is 1. The summed E-state index contributed by atoms with van der Waals surface area (Å²) in [4.78, 5) is 13.7. The van der Waals surface area contributed by atoms with E-state index < -0.39 is 20.4 Å². The summed E-state index contributed by atoms with van der Waals surface area (Å²) in [5.41, 5.74) is 3.09. The highest BCUT2D eigenvalue weighted by atomic mass is 32.2. The predicted octanol–water partition coefficient (Wildman–Crippen LogP) is 3.44. The van der Waals surface area contributed by atoms with Crippen molar-refractivity contribution < 1.29 is 13.3 Å². The highest BCUT2D eigenvalue weighted by Gasteiger charge is 2.25. The van der Waals surface area contributed by atoms with E-state index in [1.54, 1.807) is 0 Å². The molecule has 0 atom stereocenters. The van der Waals surface area contributed by atoms with Crippen molar-refractivity contribution in [2.24, 2.45) is 0 Å². The number of rotatable bonds is 6. The fraction of sp³-hybridized carbons (Fsp3) is 0.222. The molecule has 0 fully saturated rings. The van der Waals surface area contributed by atoms with Gasteiger partial charge >= 0.3 is 5.69 Å². The van der Waals surface area contributed by atoms with Crippen molar-refractivity contribution in [1.29, 1.82) is 0 Å². The van der Waals surface area contributed by atoms with E-state index in [4.69, 9.17) is 0 Å². The number of hydrogen-bond donors (Lipinski definition) is 2. The summed E-state index contributed by atoms with van der Waals surface area (Å²) in [5.74, 6) is 0. The molecule has 1 heterocycles. The third kappa shape index (κ3) is 3.55. The molecule has 0 saturated carbocycles. The lowest BCUT2D eigenvalue weighted by molar-refractivity contribution is -0.386. The number of H-pyrrole nitrogens is 1. The zero-order chi connectivity index (χ0) is 18.9. The smallest absolute Gasteiger partial charge is 0.310 e. The van der Waals surface area contributed by atoms with Crippen LogP contribution in [0.15, 0.2) is 47.5 Å². The van der Waals surface area contributed by atoms with Crippen molar-refractivity contribution in [2.45, 2.75) is 18.2 Å². The van der Waals surface area contributed by atoms with E-state index in [1.165, 1.54) is 18.2 Å². The normalized spacial score (nSPS) is 11.6. The molecular weight excluding hydrogens is 354 g/mol.